The van der Waals surface area contributed by atoms with Crippen LogP contribution in [0.3, 0.4) is 0 Å². The van der Waals surface area contributed by atoms with Gasteiger partial charge in [-0.25, -0.2) is 4.98 Å². The maximum Gasteiger partial charge on any atom is 0.282 e. The zero-order valence-electron chi connectivity index (χ0n) is 10.9. The van der Waals surface area contributed by atoms with Crippen LogP contribution in [0.4, 0.5) is 11.4 Å². The van der Waals surface area contributed by atoms with Crippen molar-refractivity contribution in [3.63, 3.8) is 0 Å². The minimum absolute atomic E-state index is 0.237. The molecule has 8 nitrogen and oxygen atoms in total. The molecule has 0 aliphatic heterocycles. The molecule has 108 valence electrons. The summed E-state index contributed by atoms with van der Waals surface area (Å²) in [6.07, 6.45) is 1.35. The lowest BCUT2D eigenvalue weighted by Crippen LogP contribution is -2.14. The molecule has 21 heavy (non-hydrogen) atoms. The lowest BCUT2D eigenvalue weighted by molar-refractivity contribution is -0.385. The molecule has 0 aliphatic carbocycles. The molecule has 0 radical (unpaired) electrons. The van der Waals surface area contributed by atoms with Crippen molar-refractivity contribution in [3.05, 3.63) is 52.2 Å². The van der Waals surface area contributed by atoms with Gasteiger partial charge < -0.3 is 15.2 Å². The molecule has 0 spiro atoms. The maximum absolute atomic E-state index is 12.1. The second kappa shape index (κ2) is 5.87. The second-order valence-electron chi connectivity index (χ2n) is 4.00. The molecule has 0 fully saturated rings. The van der Waals surface area contributed by atoms with Gasteiger partial charge in [0.25, 0.3) is 11.6 Å². The Morgan fingerprint density at radius 2 is 2.14 bits per heavy atom. The van der Waals surface area contributed by atoms with Crippen LogP contribution in [0.1, 0.15) is 10.4 Å². The number of ether oxygens (including phenoxy) is 1. The summed E-state index contributed by atoms with van der Waals surface area (Å²) in [7, 11) is 1.46. The fraction of sp³-hybridized carbons (Fsp3) is 0.0769. The SMILES string of the molecule is COc1ccc(NC(=O)c2cc(O)ccc2[N+](=O)[O-])cn1. The predicted octanol–water partition coefficient (Wildman–Crippen LogP) is 1.96. The standard InChI is InChI=1S/C13H11N3O5/c1-21-12-5-2-8(7-14-12)15-13(18)10-6-9(17)3-4-11(10)16(19)20/h2-7,17H,1H3,(H,15,18). The van der Waals surface area contributed by atoms with Crippen LogP contribution in [0, 0.1) is 10.1 Å². The van der Waals surface area contributed by atoms with E-state index < -0.39 is 16.5 Å². The molecule has 0 atom stereocenters. The summed E-state index contributed by atoms with van der Waals surface area (Å²) in [6, 6.07) is 6.32. The van der Waals surface area contributed by atoms with Gasteiger partial charge >= 0.3 is 0 Å². The number of hydrogen-bond donors (Lipinski definition) is 2. The highest BCUT2D eigenvalue weighted by atomic mass is 16.6. The Morgan fingerprint density at radius 1 is 1.38 bits per heavy atom. The maximum atomic E-state index is 12.1. The van der Waals surface area contributed by atoms with E-state index in [-0.39, 0.29) is 11.3 Å². The van der Waals surface area contributed by atoms with Crippen molar-refractivity contribution in [1.82, 2.24) is 4.98 Å². The third-order valence-corrected chi connectivity index (χ3v) is 2.62. The van der Waals surface area contributed by atoms with Gasteiger partial charge in [0.2, 0.25) is 5.88 Å². The lowest BCUT2D eigenvalue weighted by atomic mass is 10.1. The predicted molar refractivity (Wildman–Crippen MR) is 73.5 cm³/mol. The van der Waals surface area contributed by atoms with Crippen molar-refractivity contribution in [2.45, 2.75) is 0 Å². The summed E-state index contributed by atoms with van der Waals surface area (Å²) in [4.78, 5) is 26.2. The Hall–Kier alpha value is -3.16. The van der Waals surface area contributed by atoms with Gasteiger partial charge in [0.1, 0.15) is 11.3 Å². The average Bonchev–Trinajstić information content (AvgIpc) is 2.47. The van der Waals surface area contributed by atoms with Crippen LogP contribution in [0.5, 0.6) is 11.6 Å². The highest BCUT2D eigenvalue weighted by Crippen LogP contribution is 2.24. The molecule has 2 aromatic rings. The van der Waals surface area contributed by atoms with E-state index in [0.29, 0.717) is 11.6 Å². The average molecular weight is 289 g/mol. The monoisotopic (exact) mass is 289 g/mol. The summed E-state index contributed by atoms with van der Waals surface area (Å²) >= 11 is 0. The third kappa shape index (κ3) is 3.24. The van der Waals surface area contributed by atoms with Gasteiger partial charge in [-0.15, -0.1) is 0 Å². The summed E-state index contributed by atoms with van der Waals surface area (Å²) < 4.78 is 4.88. The van der Waals surface area contributed by atoms with Gasteiger partial charge in [0.15, 0.2) is 0 Å². The number of phenolic OH excluding ortho intramolecular Hbond substituents is 1. The number of nitrogens with one attached hydrogen (secondary N) is 1. The lowest BCUT2D eigenvalue weighted by Gasteiger charge is -2.06. The molecule has 1 aromatic heterocycles. The smallest absolute Gasteiger partial charge is 0.282 e. The van der Waals surface area contributed by atoms with Crippen LogP contribution in [0.15, 0.2) is 36.5 Å². The first-order chi connectivity index (χ1) is 10.0. The molecule has 2 N–H and O–H groups in total. The van der Waals surface area contributed by atoms with Gasteiger partial charge in [0, 0.05) is 12.1 Å². The van der Waals surface area contributed by atoms with Gasteiger partial charge in [-0.1, -0.05) is 0 Å². The van der Waals surface area contributed by atoms with E-state index in [4.69, 9.17) is 4.74 Å². The molecule has 0 aliphatic rings. The number of carbonyl (C=O) groups is 1. The van der Waals surface area contributed by atoms with Crippen molar-refractivity contribution >= 4 is 17.3 Å². The molecule has 8 heteroatoms. The number of aromatic hydroxyl groups is 1. The van der Waals surface area contributed by atoms with E-state index in [1.54, 1.807) is 6.07 Å². The topological polar surface area (TPSA) is 115 Å². The van der Waals surface area contributed by atoms with E-state index in [1.807, 2.05) is 0 Å². The normalized spacial score (nSPS) is 9.95. The minimum atomic E-state index is -0.718. The number of nitrogens with zero attached hydrogens (tertiary/aromatic N) is 2. The van der Waals surface area contributed by atoms with E-state index >= 15 is 0 Å². The summed E-state index contributed by atoms with van der Waals surface area (Å²) in [6.45, 7) is 0. The first kappa shape index (κ1) is 14.3. The number of phenols is 1. The van der Waals surface area contributed by atoms with Crippen LogP contribution in [0.2, 0.25) is 0 Å². The van der Waals surface area contributed by atoms with Crippen molar-refractivity contribution in [2.24, 2.45) is 0 Å². The highest BCUT2D eigenvalue weighted by Gasteiger charge is 2.20. The Bertz CT molecular complexity index is 685. The highest BCUT2D eigenvalue weighted by molar-refractivity contribution is 6.07. The van der Waals surface area contributed by atoms with Crippen molar-refractivity contribution in [1.29, 1.82) is 0 Å². The number of nitro groups is 1. The number of anilines is 1. The minimum Gasteiger partial charge on any atom is -0.508 e. The molecule has 0 saturated heterocycles. The third-order valence-electron chi connectivity index (χ3n) is 2.62. The molecular formula is C13H11N3O5. The number of rotatable bonds is 4. The first-order valence-electron chi connectivity index (χ1n) is 5.80. The van der Waals surface area contributed by atoms with E-state index in [1.165, 1.54) is 19.4 Å². The molecular weight excluding hydrogens is 278 g/mol. The van der Waals surface area contributed by atoms with Crippen molar-refractivity contribution in [3.8, 4) is 11.6 Å². The van der Waals surface area contributed by atoms with Gasteiger partial charge in [-0.3, -0.25) is 14.9 Å². The Balaban J connectivity index is 2.27. The van der Waals surface area contributed by atoms with Crippen LogP contribution >= 0.6 is 0 Å². The van der Waals surface area contributed by atoms with Gasteiger partial charge in [0.05, 0.1) is 23.9 Å². The van der Waals surface area contributed by atoms with Crippen LogP contribution in [0.25, 0.3) is 0 Å². The number of benzene rings is 1. The van der Waals surface area contributed by atoms with Crippen LogP contribution < -0.4 is 10.1 Å². The Kier molecular flexibility index (Phi) is 3.98. The van der Waals surface area contributed by atoms with Crippen LogP contribution in [-0.4, -0.2) is 28.0 Å². The number of carbonyl (C=O) groups excluding carboxylic acids is 1. The Labute approximate surface area is 119 Å². The number of amides is 1. The van der Waals surface area contributed by atoms with E-state index in [2.05, 4.69) is 10.3 Å². The fourth-order valence-corrected chi connectivity index (χ4v) is 1.64. The van der Waals surface area contributed by atoms with E-state index in [0.717, 1.165) is 18.2 Å². The van der Waals surface area contributed by atoms with Crippen molar-refractivity contribution in [2.75, 3.05) is 12.4 Å². The first-order valence-corrected chi connectivity index (χ1v) is 5.80. The molecule has 0 bridgehead atoms. The number of methoxy groups -OCH3 is 1. The molecule has 2 rings (SSSR count). The largest absolute Gasteiger partial charge is 0.508 e. The molecule has 1 heterocycles. The number of hydrogen-bond acceptors (Lipinski definition) is 6. The zero-order chi connectivity index (χ0) is 15.4. The second-order valence-corrected chi connectivity index (χ2v) is 4.00. The summed E-state index contributed by atoms with van der Waals surface area (Å²) in [5.41, 5.74) is -0.291. The van der Waals surface area contributed by atoms with E-state index in [9.17, 15) is 20.0 Å². The summed E-state index contributed by atoms with van der Waals surface area (Å²) in [5.74, 6) is -0.584. The fourth-order valence-electron chi connectivity index (χ4n) is 1.64. The molecule has 1 amide bonds. The number of pyridine rings is 1. The van der Waals surface area contributed by atoms with Crippen LogP contribution in [-0.2, 0) is 0 Å². The quantitative estimate of drug-likeness (QED) is 0.656. The molecule has 1 aromatic carbocycles. The number of aromatic nitrogens is 1. The van der Waals surface area contributed by atoms with Gasteiger partial charge in [-0.05, 0) is 18.2 Å². The Morgan fingerprint density at radius 3 is 2.71 bits per heavy atom. The molecule has 0 saturated carbocycles. The van der Waals surface area contributed by atoms with Crippen molar-refractivity contribution < 1.29 is 19.6 Å². The molecule has 0 unspecified atom stereocenters. The summed E-state index contributed by atoms with van der Waals surface area (Å²) in [5, 5.41) is 22.7. The number of nitro benzene ring substituents is 1. The zero-order valence-corrected chi connectivity index (χ0v) is 10.9. The van der Waals surface area contributed by atoms with Gasteiger partial charge in [-0.2, -0.15) is 0 Å².